The Labute approximate surface area is 149 Å². The van der Waals surface area contributed by atoms with Gasteiger partial charge in [-0.1, -0.05) is 6.07 Å². The highest BCUT2D eigenvalue weighted by Gasteiger charge is 2.15. The Morgan fingerprint density at radius 1 is 1.00 bits per heavy atom. The van der Waals surface area contributed by atoms with Gasteiger partial charge in [0, 0.05) is 12.6 Å². The van der Waals surface area contributed by atoms with E-state index in [0.29, 0.717) is 11.5 Å². The summed E-state index contributed by atoms with van der Waals surface area (Å²) in [5.41, 5.74) is 0.633. The van der Waals surface area contributed by atoms with Crippen LogP contribution in [0.3, 0.4) is 0 Å². The highest BCUT2D eigenvalue weighted by atomic mass is 16.5. The van der Waals surface area contributed by atoms with Gasteiger partial charge >= 0.3 is 5.97 Å². The molecule has 0 aliphatic carbocycles. The molecule has 8 nitrogen and oxygen atoms in total. The molecule has 1 amide bonds. The van der Waals surface area contributed by atoms with Crippen molar-refractivity contribution >= 4 is 11.9 Å². The van der Waals surface area contributed by atoms with Gasteiger partial charge in [-0.25, -0.2) is 4.79 Å². The second-order valence-electron chi connectivity index (χ2n) is 5.24. The molecule has 0 fully saturated rings. The highest BCUT2D eigenvalue weighted by Crippen LogP contribution is 2.27. The number of aromatic hydroxyl groups is 2. The molecular weight excluding hydrogens is 342 g/mol. The number of carbonyl (C=O) groups is 2. The van der Waals surface area contributed by atoms with Gasteiger partial charge in [-0.2, -0.15) is 0 Å². The zero-order valence-corrected chi connectivity index (χ0v) is 14.3. The predicted octanol–water partition coefficient (Wildman–Crippen LogP) is 1.59. The maximum Gasteiger partial charge on any atom is 0.342 e. The van der Waals surface area contributed by atoms with Gasteiger partial charge in [0.05, 0.1) is 14.2 Å². The van der Waals surface area contributed by atoms with Crippen molar-refractivity contribution < 1.29 is 34.0 Å². The Kier molecular flexibility index (Phi) is 6.26. The lowest BCUT2D eigenvalue weighted by atomic mass is 10.2. The van der Waals surface area contributed by atoms with Crippen LogP contribution in [0.25, 0.3) is 0 Å². The van der Waals surface area contributed by atoms with E-state index in [1.807, 2.05) is 0 Å². The van der Waals surface area contributed by atoms with Crippen molar-refractivity contribution in [3.05, 3.63) is 47.5 Å². The lowest BCUT2D eigenvalue weighted by molar-refractivity contribution is -0.124. The quantitative estimate of drug-likeness (QED) is 0.642. The molecule has 2 rings (SSSR count). The van der Waals surface area contributed by atoms with Crippen LogP contribution in [0.1, 0.15) is 15.9 Å². The van der Waals surface area contributed by atoms with Gasteiger partial charge in [0.25, 0.3) is 5.91 Å². The van der Waals surface area contributed by atoms with Crippen LogP contribution in [0.15, 0.2) is 36.4 Å². The third-order valence-electron chi connectivity index (χ3n) is 3.47. The van der Waals surface area contributed by atoms with Gasteiger partial charge in [-0.15, -0.1) is 0 Å². The molecule has 26 heavy (non-hydrogen) atoms. The maximum atomic E-state index is 11.8. The molecule has 0 spiro atoms. The fraction of sp³-hybridized carbons (Fsp3) is 0.222. The fourth-order valence-electron chi connectivity index (χ4n) is 2.14. The molecule has 8 heteroatoms. The van der Waals surface area contributed by atoms with E-state index in [1.54, 1.807) is 18.2 Å². The van der Waals surface area contributed by atoms with E-state index in [0.717, 1.165) is 11.6 Å². The van der Waals surface area contributed by atoms with E-state index >= 15 is 0 Å². The van der Waals surface area contributed by atoms with Crippen molar-refractivity contribution in [3.8, 4) is 23.0 Å². The number of rotatable bonds is 7. The number of nitrogens with one attached hydrogen (secondary N) is 1. The zero-order valence-electron chi connectivity index (χ0n) is 14.3. The van der Waals surface area contributed by atoms with Crippen molar-refractivity contribution in [2.24, 2.45) is 0 Å². The first-order chi connectivity index (χ1) is 12.4. The lowest BCUT2D eigenvalue weighted by Crippen LogP contribution is -2.28. The van der Waals surface area contributed by atoms with Gasteiger partial charge in [-0.05, 0) is 29.8 Å². The molecule has 3 N–H and O–H groups in total. The average Bonchev–Trinajstić information content (AvgIpc) is 2.64. The normalized spacial score (nSPS) is 10.1. The summed E-state index contributed by atoms with van der Waals surface area (Å²) in [7, 11) is 3.04. The molecule has 0 unspecified atom stereocenters. The van der Waals surface area contributed by atoms with E-state index in [9.17, 15) is 19.8 Å². The number of phenols is 2. The highest BCUT2D eigenvalue weighted by molar-refractivity contribution is 5.94. The first-order valence-electron chi connectivity index (χ1n) is 7.61. The Bertz CT molecular complexity index is 804. The molecule has 0 heterocycles. The van der Waals surface area contributed by atoms with Crippen LogP contribution in [0, 0.1) is 0 Å². The number of hydrogen-bond donors (Lipinski definition) is 3. The fourth-order valence-corrected chi connectivity index (χ4v) is 2.14. The molecule has 0 bridgehead atoms. The smallest absolute Gasteiger partial charge is 0.342 e. The maximum absolute atomic E-state index is 11.8. The first kappa shape index (κ1) is 18.9. The number of benzene rings is 2. The summed E-state index contributed by atoms with van der Waals surface area (Å²) in [6.45, 7) is -0.298. The molecule has 0 aliphatic heterocycles. The van der Waals surface area contributed by atoms with Crippen molar-refractivity contribution in [1.29, 1.82) is 0 Å². The standard InChI is InChI=1S/C18H19NO7/c1-24-15-6-3-11(7-16(15)25-2)9-19-17(22)10-26-18(23)13-5-4-12(20)8-14(13)21/h3-8,20-21H,9-10H2,1-2H3,(H,19,22). The van der Waals surface area contributed by atoms with Crippen LogP contribution in [0.4, 0.5) is 0 Å². The molecular formula is C18H19NO7. The van der Waals surface area contributed by atoms with Crippen molar-refractivity contribution in [2.45, 2.75) is 6.54 Å². The van der Waals surface area contributed by atoms with E-state index in [4.69, 9.17) is 14.2 Å². The summed E-state index contributed by atoms with van der Waals surface area (Å²) in [4.78, 5) is 23.7. The van der Waals surface area contributed by atoms with Crippen LogP contribution in [0.2, 0.25) is 0 Å². The van der Waals surface area contributed by atoms with Gasteiger partial charge in [-0.3, -0.25) is 4.79 Å². The SMILES string of the molecule is COc1ccc(CNC(=O)COC(=O)c2ccc(O)cc2O)cc1OC. The molecule has 138 valence electrons. The lowest BCUT2D eigenvalue weighted by Gasteiger charge is -2.11. The zero-order chi connectivity index (χ0) is 19.1. The number of amides is 1. The second-order valence-corrected chi connectivity index (χ2v) is 5.24. The number of carbonyl (C=O) groups excluding carboxylic acids is 2. The second kappa shape index (κ2) is 8.61. The minimum Gasteiger partial charge on any atom is -0.508 e. The largest absolute Gasteiger partial charge is 0.508 e. The van der Waals surface area contributed by atoms with E-state index in [-0.39, 0.29) is 17.9 Å². The number of phenolic OH excluding ortho intramolecular Hbond substituents is 2. The Hall–Kier alpha value is -3.42. The monoisotopic (exact) mass is 361 g/mol. The van der Waals surface area contributed by atoms with Crippen molar-refractivity contribution in [1.82, 2.24) is 5.32 Å². The molecule has 0 atom stereocenters. The van der Waals surface area contributed by atoms with Crippen molar-refractivity contribution in [3.63, 3.8) is 0 Å². The molecule has 0 aromatic heterocycles. The van der Waals surface area contributed by atoms with Crippen molar-refractivity contribution in [2.75, 3.05) is 20.8 Å². The average molecular weight is 361 g/mol. The van der Waals surface area contributed by atoms with Crippen LogP contribution >= 0.6 is 0 Å². The number of hydrogen-bond acceptors (Lipinski definition) is 7. The minimum absolute atomic E-state index is 0.143. The summed E-state index contributed by atoms with van der Waals surface area (Å²) in [5, 5.41) is 21.4. The van der Waals surface area contributed by atoms with Gasteiger partial charge in [0.15, 0.2) is 18.1 Å². The van der Waals surface area contributed by atoms with Gasteiger partial charge in [0.1, 0.15) is 17.1 Å². The van der Waals surface area contributed by atoms with Gasteiger partial charge in [0.2, 0.25) is 0 Å². The topological polar surface area (TPSA) is 114 Å². The third-order valence-corrected chi connectivity index (χ3v) is 3.47. The Morgan fingerprint density at radius 3 is 2.38 bits per heavy atom. The summed E-state index contributed by atoms with van der Waals surface area (Å²) in [5.74, 6) is -0.888. The molecule has 0 saturated carbocycles. The number of esters is 1. The number of methoxy groups -OCH3 is 2. The number of ether oxygens (including phenoxy) is 3. The third kappa shape index (κ3) is 4.79. The summed E-state index contributed by atoms with van der Waals surface area (Å²) >= 11 is 0. The molecule has 0 aliphatic rings. The van der Waals surface area contributed by atoms with Crippen LogP contribution in [-0.2, 0) is 16.1 Å². The Morgan fingerprint density at radius 2 is 1.73 bits per heavy atom. The Balaban J connectivity index is 1.86. The van der Waals surface area contributed by atoms with Crippen LogP contribution in [0.5, 0.6) is 23.0 Å². The molecule has 2 aromatic carbocycles. The molecule has 0 saturated heterocycles. The van der Waals surface area contributed by atoms with Gasteiger partial charge < -0.3 is 29.7 Å². The summed E-state index contributed by atoms with van der Waals surface area (Å²) in [6, 6.07) is 8.64. The first-order valence-corrected chi connectivity index (χ1v) is 7.61. The van der Waals surface area contributed by atoms with E-state index < -0.39 is 24.2 Å². The predicted molar refractivity (Wildman–Crippen MR) is 91.4 cm³/mol. The van der Waals surface area contributed by atoms with Crippen LogP contribution in [-0.4, -0.2) is 42.9 Å². The summed E-state index contributed by atoms with van der Waals surface area (Å²) < 4.78 is 15.2. The molecule has 2 aromatic rings. The summed E-state index contributed by atoms with van der Waals surface area (Å²) in [6.07, 6.45) is 0. The van der Waals surface area contributed by atoms with Crippen LogP contribution < -0.4 is 14.8 Å². The van der Waals surface area contributed by atoms with E-state index in [1.165, 1.54) is 26.4 Å². The van der Waals surface area contributed by atoms with E-state index in [2.05, 4.69) is 5.32 Å². The minimum atomic E-state index is -0.872. The molecule has 0 radical (unpaired) electrons.